The van der Waals surface area contributed by atoms with Gasteiger partial charge in [-0.25, -0.2) is 8.78 Å². The van der Waals surface area contributed by atoms with Crippen LogP contribution in [0.2, 0.25) is 0 Å². The maximum atomic E-state index is 13.2. The zero-order chi connectivity index (χ0) is 10.6. The second-order valence-electron chi connectivity index (χ2n) is 3.96. The standard InChI is InChI=1S/C9H13F2N3/c1-6-3-7(14(2)13-6)8(5-12)4-9(8,10)11/h3H,4-5,12H2,1-2H3. The lowest BCUT2D eigenvalue weighted by Crippen LogP contribution is -2.29. The minimum atomic E-state index is -2.66. The topological polar surface area (TPSA) is 43.8 Å². The normalized spacial score (nSPS) is 29.2. The van der Waals surface area contributed by atoms with Gasteiger partial charge in [0.25, 0.3) is 5.92 Å². The first-order chi connectivity index (χ1) is 6.43. The highest BCUT2D eigenvalue weighted by Gasteiger charge is 2.72. The summed E-state index contributed by atoms with van der Waals surface area (Å²) in [6.45, 7) is 1.76. The van der Waals surface area contributed by atoms with Gasteiger partial charge in [-0.3, -0.25) is 4.68 Å². The van der Waals surface area contributed by atoms with Crippen molar-refractivity contribution in [3.8, 4) is 0 Å². The molecule has 2 rings (SSSR count). The van der Waals surface area contributed by atoms with Crippen LogP contribution in [0, 0.1) is 6.92 Å². The van der Waals surface area contributed by atoms with Gasteiger partial charge in [-0.05, 0) is 13.0 Å². The summed E-state index contributed by atoms with van der Waals surface area (Å²) in [5.74, 6) is -2.66. The third-order valence-electron chi connectivity index (χ3n) is 2.94. The highest BCUT2D eigenvalue weighted by molar-refractivity contribution is 5.35. The van der Waals surface area contributed by atoms with Gasteiger partial charge in [-0.1, -0.05) is 0 Å². The summed E-state index contributed by atoms with van der Waals surface area (Å²) >= 11 is 0. The molecule has 78 valence electrons. The van der Waals surface area contributed by atoms with Crippen LogP contribution in [0.4, 0.5) is 8.78 Å². The zero-order valence-electron chi connectivity index (χ0n) is 8.22. The second-order valence-corrected chi connectivity index (χ2v) is 3.96. The van der Waals surface area contributed by atoms with Gasteiger partial charge in [0.15, 0.2) is 0 Å². The Labute approximate surface area is 80.9 Å². The second kappa shape index (κ2) is 2.53. The molecule has 1 aliphatic carbocycles. The fourth-order valence-electron chi connectivity index (χ4n) is 2.00. The third kappa shape index (κ3) is 1.02. The first-order valence-electron chi connectivity index (χ1n) is 4.52. The monoisotopic (exact) mass is 201 g/mol. The fourth-order valence-corrected chi connectivity index (χ4v) is 2.00. The number of nitrogens with zero attached hydrogens (tertiary/aromatic N) is 2. The van der Waals surface area contributed by atoms with Crippen molar-refractivity contribution < 1.29 is 8.78 Å². The molecule has 0 bridgehead atoms. The average Bonchev–Trinajstić information content (AvgIpc) is 2.48. The number of rotatable bonds is 2. The van der Waals surface area contributed by atoms with E-state index in [1.165, 1.54) is 4.68 Å². The molecule has 14 heavy (non-hydrogen) atoms. The van der Waals surface area contributed by atoms with Crippen molar-refractivity contribution in [2.24, 2.45) is 12.8 Å². The Morgan fingerprint density at radius 1 is 1.64 bits per heavy atom. The Morgan fingerprint density at radius 3 is 2.50 bits per heavy atom. The molecule has 1 aliphatic rings. The molecule has 1 heterocycles. The number of halogens is 2. The van der Waals surface area contributed by atoms with E-state index in [0.717, 1.165) is 5.69 Å². The molecule has 0 aromatic carbocycles. The van der Waals surface area contributed by atoms with Crippen molar-refractivity contribution in [2.75, 3.05) is 6.54 Å². The van der Waals surface area contributed by atoms with E-state index < -0.39 is 11.3 Å². The van der Waals surface area contributed by atoms with Crippen LogP contribution in [-0.4, -0.2) is 22.2 Å². The van der Waals surface area contributed by atoms with Crippen LogP contribution < -0.4 is 5.73 Å². The number of alkyl halides is 2. The molecule has 1 fully saturated rings. The van der Waals surface area contributed by atoms with Crippen LogP contribution in [0.3, 0.4) is 0 Å². The maximum Gasteiger partial charge on any atom is 0.261 e. The lowest BCUT2D eigenvalue weighted by molar-refractivity contribution is 0.0876. The van der Waals surface area contributed by atoms with Gasteiger partial charge in [0.1, 0.15) is 0 Å². The van der Waals surface area contributed by atoms with Gasteiger partial charge < -0.3 is 5.73 Å². The van der Waals surface area contributed by atoms with Gasteiger partial charge in [-0.15, -0.1) is 0 Å². The van der Waals surface area contributed by atoms with Crippen LogP contribution in [0.5, 0.6) is 0 Å². The summed E-state index contributed by atoms with van der Waals surface area (Å²) in [4.78, 5) is 0. The summed E-state index contributed by atoms with van der Waals surface area (Å²) < 4.78 is 27.9. The molecule has 1 atom stereocenters. The number of hydrogen-bond donors (Lipinski definition) is 1. The first kappa shape index (κ1) is 9.58. The quantitative estimate of drug-likeness (QED) is 0.774. The Hall–Kier alpha value is -0.970. The van der Waals surface area contributed by atoms with E-state index in [0.29, 0.717) is 5.69 Å². The average molecular weight is 201 g/mol. The van der Waals surface area contributed by atoms with Crippen molar-refractivity contribution in [2.45, 2.75) is 24.7 Å². The largest absolute Gasteiger partial charge is 0.329 e. The Balaban J connectivity index is 2.45. The van der Waals surface area contributed by atoms with E-state index in [4.69, 9.17) is 5.73 Å². The van der Waals surface area contributed by atoms with Gasteiger partial charge in [-0.2, -0.15) is 5.10 Å². The van der Waals surface area contributed by atoms with E-state index in [9.17, 15) is 8.78 Å². The van der Waals surface area contributed by atoms with Crippen molar-refractivity contribution in [3.63, 3.8) is 0 Å². The molecule has 1 saturated carbocycles. The van der Waals surface area contributed by atoms with Crippen molar-refractivity contribution in [3.05, 3.63) is 17.5 Å². The minimum Gasteiger partial charge on any atom is -0.329 e. The first-order valence-corrected chi connectivity index (χ1v) is 4.52. The predicted octanol–water partition coefficient (Wildman–Crippen LogP) is 0.964. The summed E-state index contributed by atoms with van der Waals surface area (Å²) in [5, 5.41) is 4.06. The van der Waals surface area contributed by atoms with E-state index in [2.05, 4.69) is 5.10 Å². The molecule has 0 spiro atoms. The van der Waals surface area contributed by atoms with Crippen LogP contribution in [0.25, 0.3) is 0 Å². The lowest BCUT2D eigenvalue weighted by Gasteiger charge is -2.13. The molecule has 1 unspecified atom stereocenters. The van der Waals surface area contributed by atoms with Crippen molar-refractivity contribution in [1.29, 1.82) is 0 Å². The number of aromatic nitrogens is 2. The molecular weight excluding hydrogens is 188 g/mol. The van der Waals surface area contributed by atoms with E-state index in [-0.39, 0.29) is 13.0 Å². The molecule has 0 aliphatic heterocycles. The van der Waals surface area contributed by atoms with Crippen LogP contribution in [0.15, 0.2) is 6.07 Å². The van der Waals surface area contributed by atoms with Gasteiger partial charge >= 0.3 is 0 Å². The number of nitrogens with two attached hydrogens (primary N) is 1. The van der Waals surface area contributed by atoms with E-state index in [1.807, 2.05) is 0 Å². The highest BCUT2D eigenvalue weighted by Crippen LogP contribution is 2.60. The summed E-state index contributed by atoms with van der Waals surface area (Å²) in [6, 6.07) is 1.69. The Morgan fingerprint density at radius 2 is 2.21 bits per heavy atom. The minimum absolute atomic E-state index is 0.0288. The molecule has 3 nitrogen and oxygen atoms in total. The smallest absolute Gasteiger partial charge is 0.261 e. The van der Waals surface area contributed by atoms with Crippen LogP contribution in [-0.2, 0) is 12.5 Å². The third-order valence-corrected chi connectivity index (χ3v) is 2.94. The number of hydrogen-bond acceptors (Lipinski definition) is 2. The Bertz CT molecular complexity index is 372. The molecule has 0 saturated heterocycles. The molecule has 1 aromatic heterocycles. The molecule has 0 amide bonds. The summed E-state index contributed by atoms with van der Waals surface area (Å²) in [6.07, 6.45) is -0.157. The fraction of sp³-hybridized carbons (Fsp3) is 0.667. The predicted molar refractivity (Wildman–Crippen MR) is 48.2 cm³/mol. The molecule has 5 heteroatoms. The van der Waals surface area contributed by atoms with Gasteiger partial charge in [0.05, 0.1) is 16.8 Å². The molecule has 2 N–H and O–H groups in total. The van der Waals surface area contributed by atoms with E-state index in [1.54, 1.807) is 20.0 Å². The van der Waals surface area contributed by atoms with E-state index >= 15 is 0 Å². The lowest BCUT2D eigenvalue weighted by atomic mass is 10.0. The SMILES string of the molecule is Cc1cc(C2(CN)CC2(F)F)n(C)n1. The highest BCUT2D eigenvalue weighted by atomic mass is 19.3. The summed E-state index contributed by atoms with van der Waals surface area (Å²) in [7, 11) is 1.67. The number of aryl methyl sites for hydroxylation is 2. The van der Waals surface area contributed by atoms with Crippen molar-refractivity contribution >= 4 is 0 Å². The summed E-state index contributed by atoms with van der Waals surface area (Å²) in [5.41, 5.74) is 5.56. The van der Waals surface area contributed by atoms with Crippen LogP contribution >= 0.6 is 0 Å². The van der Waals surface area contributed by atoms with Crippen molar-refractivity contribution in [1.82, 2.24) is 9.78 Å². The molecule has 0 radical (unpaired) electrons. The maximum absolute atomic E-state index is 13.2. The molecule has 1 aromatic rings. The zero-order valence-corrected chi connectivity index (χ0v) is 8.22. The molecular formula is C9H13F2N3. The Kier molecular flexibility index (Phi) is 1.73. The van der Waals surface area contributed by atoms with Crippen LogP contribution in [0.1, 0.15) is 17.8 Å². The van der Waals surface area contributed by atoms with Gasteiger partial charge in [0, 0.05) is 20.0 Å². The van der Waals surface area contributed by atoms with Gasteiger partial charge in [0.2, 0.25) is 0 Å².